The zero-order chi connectivity index (χ0) is 9.02. The third kappa shape index (κ3) is 3.60. The van der Waals surface area contributed by atoms with Crippen molar-refractivity contribution in [1.82, 2.24) is 0 Å². The number of Topliss-reactive ketones (excluding diaryl/α,β-unsaturated/α-hetero) is 1. The third-order valence-electron chi connectivity index (χ3n) is 1.25. The van der Waals surface area contributed by atoms with Gasteiger partial charge in [-0.25, -0.2) is 4.79 Å². The molecule has 0 fully saturated rings. The molecule has 0 heterocycles. The molecule has 64 valence electrons. The summed E-state index contributed by atoms with van der Waals surface area (Å²) in [5, 5.41) is 0. The number of primary amides is 1. The van der Waals surface area contributed by atoms with Crippen LogP contribution in [0.2, 0.25) is 0 Å². The van der Waals surface area contributed by atoms with Gasteiger partial charge in [-0.3, -0.25) is 4.79 Å². The van der Waals surface area contributed by atoms with Gasteiger partial charge in [-0.05, 0) is 12.8 Å². The van der Waals surface area contributed by atoms with Crippen LogP contribution in [-0.2, 0) is 9.53 Å². The maximum Gasteiger partial charge on any atom is 0.405 e. The van der Waals surface area contributed by atoms with Crippen LogP contribution in [0.25, 0.3) is 0 Å². The van der Waals surface area contributed by atoms with Crippen molar-refractivity contribution < 1.29 is 14.3 Å². The van der Waals surface area contributed by atoms with Gasteiger partial charge >= 0.3 is 6.09 Å². The minimum atomic E-state index is -0.904. The molecule has 1 atom stereocenters. The molecule has 0 aliphatic carbocycles. The highest BCUT2D eigenvalue weighted by atomic mass is 16.6. The second-order valence-corrected chi connectivity index (χ2v) is 2.71. The Morgan fingerprint density at radius 3 is 1.91 bits per heavy atom. The van der Waals surface area contributed by atoms with Gasteiger partial charge in [-0.1, -0.05) is 13.8 Å². The summed E-state index contributed by atoms with van der Waals surface area (Å²) in [7, 11) is 0. The van der Waals surface area contributed by atoms with E-state index in [1.807, 2.05) is 0 Å². The highest BCUT2D eigenvalue weighted by Crippen LogP contribution is 2.06. The Morgan fingerprint density at radius 2 is 1.82 bits per heavy atom. The van der Waals surface area contributed by atoms with Crippen molar-refractivity contribution in [3.05, 3.63) is 0 Å². The highest BCUT2D eigenvalue weighted by molar-refractivity contribution is 5.83. The average molecular weight is 159 g/mol. The molecule has 2 N–H and O–H groups in total. The van der Waals surface area contributed by atoms with Gasteiger partial charge in [-0.2, -0.15) is 0 Å². The largest absolute Gasteiger partial charge is 0.438 e. The van der Waals surface area contributed by atoms with E-state index in [1.165, 1.54) is 6.92 Å². The molecule has 0 spiro atoms. The molecule has 0 aliphatic rings. The number of nitrogens with two attached hydrogens (primary N) is 1. The smallest absolute Gasteiger partial charge is 0.405 e. The molecular formula is C7H13NO3. The van der Waals surface area contributed by atoms with Crippen molar-refractivity contribution in [1.29, 1.82) is 0 Å². The van der Waals surface area contributed by atoms with E-state index >= 15 is 0 Å². The molecular weight excluding hydrogens is 146 g/mol. The van der Waals surface area contributed by atoms with Crippen LogP contribution in [0, 0.1) is 5.92 Å². The first-order valence-electron chi connectivity index (χ1n) is 3.41. The zero-order valence-electron chi connectivity index (χ0n) is 6.96. The molecule has 0 aliphatic heterocycles. The van der Waals surface area contributed by atoms with E-state index in [9.17, 15) is 9.59 Å². The lowest BCUT2D eigenvalue weighted by molar-refractivity contribution is -0.127. The quantitative estimate of drug-likeness (QED) is 0.658. The number of hydrogen-bond donors (Lipinski definition) is 1. The van der Waals surface area contributed by atoms with Gasteiger partial charge < -0.3 is 10.5 Å². The molecule has 0 rings (SSSR count). The van der Waals surface area contributed by atoms with Crippen LogP contribution in [0.3, 0.4) is 0 Å². The Hall–Kier alpha value is -1.06. The summed E-state index contributed by atoms with van der Waals surface area (Å²) in [6.45, 7) is 4.94. The molecule has 0 aromatic rings. The van der Waals surface area contributed by atoms with Crippen molar-refractivity contribution in [2.75, 3.05) is 0 Å². The lowest BCUT2D eigenvalue weighted by Crippen LogP contribution is -2.32. The molecule has 4 heteroatoms. The fourth-order valence-electron chi connectivity index (χ4n) is 0.814. The Bertz CT molecular complexity index is 165. The standard InChI is InChI=1S/C7H13NO3/c1-4(2)6(5(3)9)11-7(8)10/h4,6H,1-3H3,(H2,8,10)/t6-/m0/s1. The minimum absolute atomic E-state index is 0.0278. The SMILES string of the molecule is CC(=O)[C@@H](OC(N)=O)C(C)C. The Kier molecular flexibility index (Phi) is 3.57. The summed E-state index contributed by atoms with van der Waals surface area (Å²) in [5.74, 6) is -0.209. The highest BCUT2D eigenvalue weighted by Gasteiger charge is 2.21. The van der Waals surface area contributed by atoms with E-state index in [4.69, 9.17) is 5.73 Å². The third-order valence-corrected chi connectivity index (χ3v) is 1.25. The molecule has 0 unspecified atom stereocenters. The minimum Gasteiger partial charge on any atom is -0.438 e. The molecule has 0 saturated carbocycles. The topological polar surface area (TPSA) is 69.4 Å². The average Bonchev–Trinajstić information content (AvgIpc) is 1.81. The molecule has 0 radical (unpaired) electrons. The summed E-state index contributed by atoms with van der Waals surface area (Å²) in [6.07, 6.45) is -1.61. The number of hydrogen-bond acceptors (Lipinski definition) is 3. The van der Waals surface area contributed by atoms with Crippen molar-refractivity contribution in [2.45, 2.75) is 26.9 Å². The zero-order valence-corrected chi connectivity index (χ0v) is 6.96. The van der Waals surface area contributed by atoms with Crippen LogP contribution in [0.15, 0.2) is 0 Å². The molecule has 0 saturated heterocycles. The van der Waals surface area contributed by atoms with Gasteiger partial charge in [-0.15, -0.1) is 0 Å². The molecule has 4 nitrogen and oxygen atoms in total. The monoisotopic (exact) mass is 159 g/mol. The number of carbonyl (C=O) groups is 2. The second kappa shape index (κ2) is 3.95. The number of ketones is 1. The first-order chi connectivity index (χ1) is 4.95. The van der Waals surface area contributed by atoms with Crippen molar-refractivity contribution >= 4 is 11.9 Å². The first-order valence-corrected chi connectivity index (χ1v) is 3.41. The van der Waals surface area contributed by atoms with E-state index < -0.39 is 12.2 Å². The second-order valence-electron chi connectivity index (χ2n) is 2.71. The lowest BCUT2D eigenvalue weighted by Gasteiger charge is -2.16. The van der Waals surface area contributed by atoms with E-state index in [1.54, 1.807) is 13.8 Å². The maximum absolute atomic E-state index is 10.8. The summed E-state index contributed by atoms with van der Waals surface area (Å²) in [4.78, 5) is 21.1. The first kappa shape index (κ1) is 9.94. The van der Waals surface area contributed by atoms with E-state index in [0.29, 0.717) is 0 Å². The van der Waals surface area contributed by atoms with Gasteiger partial charge in [0.2, 0.25) is 0 Å². The van der Waals surface area contributed by atoms with E-state index in [-0.39, 0.29) is 11.7 Å². The number of ether oxygens (including phenoxy) is 1. The molecule has 11 heavy (non-hydrogen) atoms. The van der Waals surface area contributed by atoms with Crippen molar-refractivity contribution in [3.63, 3.8) is 0 Å². The van der Waals surface area contributed by atoms with Crippen molar-refractivity contribution in [2.24, 2.45) is 11.7 Å². The molecule has 0 bridgehead atoms. The Morgan fingerprint density at radius 1 is 1.36 bits per heavy atom. The van der Waals surface area contributed by atoms with Gasteiger partial charge in [0.05, 0.1) is 0 Å². The van der Waals surface area contributed by atoms with Crippen LogP contribution < -0.4 is 5.73 Å². The predicted octanol–water partition coefficient (Wildman–Crippen LogP) is 0.695. The van der Waals surface area contributed by atoms with Crippen LogP contribution >= 0.6 is 0 Å². The predicted molar refractivity (Wildman–Crippen MR) is 40.0 cm³/mol. The van der Waals surface area contributed by atoms with Crippen LogP contribution in [0.5, 0.6) is 0 Å². The van der Waals surface area contributed by atoms with Crippen LogP contribution in [0.1, 0.15) is 20.8 Å². The Balaban J connectivity index is 4.12. The fourth-order valence-corrected chi connectivity index (χ4v) is 0.814. The molecule has 1 amide bonds. The van der Waals surface area contributed by atoms with E-state index in [0.717, 1.165) is 0 Å². The summed E-state index contributed by atoms with van der Waals surface area (Å²) in [6, 6.07) is 0. The molecule has 0 aromatic carbocycles. The van der Waals surface area contributed by atoms with Gasteiger partial charge in [0, 0.05) is 0 Å². The number of amides is 1. The summed E-state index contributed by atoms with van der Waals surface area (Å²) < 4.78 is 4.56. The van der Waals surface area contributed by atoms with Crippen LogP contribution in [-0.4, -0.2) is 18.0 Å². The maximum atomic E-state index is 10.8. The summed E-state index contributed by atoms with van der Waals surface area (Å²) >= 11 is 0. The molecule has 0 aromatic heterocycles. The number of carbonyl (C=O) groups excluding carboxylic acids is 2. The number of rotatable bonds is 3. The summed E-state index contributed by atoms with van der Waals surface area (Å²) in [5.41, 5.74) is 4.76. The van der Waals surface area contributed by atoms with Crippen LogP contribution in [0.4, 0.5) is 4.79 Å². The van der Waals surface area contributed by atoms with Gasteiger partial charge in [0.15, 0.2) is 11.9 Å². The van der Waals surface area contributed by atoms with E-state index in [2.05, 4.69) is 4.74 Å². The van der Waals surface area contributed by atoms with Gasteiger partial charge in [0.25, 0.3) is 0 Å². The van der Waals surface area contributed by atoms with Gasteiger partial charge in [0.1, 0.15) is 0 Å². The van der Waals surface area contributed by atoms with Crippen molar-refractivity contribution in [3.8, 4) is 0 Å². The lowest BCUT2D eigenvalue weighted by atomic mass is 10.0. The normalized spacial score (nSPS) is 12.7. The fraction of sp³-hybridized carbons (Fsp3) is 0.714. The Labute approximate surface area is 65.7 Å².